The molecule has 0 fully saturated rings. The van der Waals surface area contributed by atoms with Crippen molar-refractivity contribution in [3.05, 3.63) is 84.0 Å². The molecule has 0 saturated heterocycles. The number of aryl methyl sites for hydroxylation is 1. The summed E-state index contributed by atoms with van der Waals surface area (Å²) in [5.41, 5.74) is 2.19. The quantitative estimate of drug-likeness (QED) is 0.393. The van der Waals surface area contributed by atoms with E-state index in [2.05, 4.69) is 27.4 Å². The summed E-state index contributed by atoms with van der Waals surface area (Å²) in [4.78, 5) is 24.5. The molecular weight excluding hydrogens is 417 g/mol. The van der Waals surface area contributed by atoms with E-state index in [0.717, 1.165) is 11.3 Å². The number of carbonyl (C=O) groups excluding carboxylic acids is 2. The van der Waals surface area contributed by atoms with Crippen molar-refractivity contribution in [3.8, 4) is 0 Å². The number of rotatable bonds is 9. The number of hydrogen-bond acceptors (Lipinski definition) is 5. The van der Waals surface area contributed by atoms with E-state index in [1.54, 1.807) is 10.6 Å². The SMILES string of the molecule is C=CCn1c(CNC(=O)c2ccc(F)cc2)nnc1SCC(=O)Nc1ccc(C)cc1. The smallest absolute Gasteiger partial charge is 0.251 e. The van der Waals surface area contributed by atoms with Crippen LogP contribution in [0.5, 0.6) is 0 Å². The Labute approximate surface area is 183 Å². The normalized spacial score (nSPS) is 10.5. The standard InChI is InChI=1S/C22H22FN5O2S/c1-3-12-28-19(13-24-21(30)16-6-8-17(23)9-7-16)26-27-22(28)31-14-20(29)25-18-10-4-15(2)5-11-18/h3-11H,1,12-14H2,2H3,(H,24,30)(H,25,29). The van der Waals surface area contributed by atoms with E-state index in [-0.39, 0.29) is 24.1 Å². The number of allylic oxidation sites excluding steroid dienone is 1. The first-order chi connectivity index (χ1) is 15.0. The van der Waals surface area contributed by atoms with Crippen LogP contribution in [0.15, 0.2) is 66.3 Å². The highest BCUT2D eigenvalue weighted by atomic mass is 32.2. The van der Waals surface area contributed by atoms with Gasteiger partial charge in [-0.05, 0) is 43.3 Å². The first kappa shape index (κ1) is 22.2. The summed E-state index contributed by atoms with van der Waals surface area (Å²) >= 11 is 1.25. The Morgan fingerprint density at radius 1 is 1.13 bits per heavy atom. The van der Waals surface area contributed by atoms with E-state index >= 15 is 0 Å². The molecule has 9 heteroatoms. The van der Waals surface area contributed by atoms with Crippen LogP contribution < -0.4 is 10.6 Å². The van der Waals surface area contributed by atoms with E-state index in [1.807, 2.05) is 31.2 Å². The van der Waals surface area contributed by atoms with Crippen LogP contribution >= 0.6 is 11.8 Å². The van der Waals surface area contributed by atoms with Crippen molar-refractivity contribution >= 4 is 29.3 Å². The highest BCUT2D eigenvalue weighted by Crippen LogP contribution is 2.18. The number of carbonyl (C=O) groups is 2. The number of amides is 2. The molecule has 0 saturated carbocycles. The van der Waals surface area contributed by atoms with Crippen molar-refractivity contribution in [3.63, 3.8) is 0 Å². The van der Waals surface area contributed by atoms with Crippen LogP contribution in [-0.2, 0) is 17.9 Å². The lowest BCUT2D eigenvalue weighted by Crippen LogP contribution is -2.25. The zero-order chi connectivity index (χ0) is 22.2. The summed E-state index contributed by atoms with van der Waals surface area (Å²) in [5, 5.41) is 14.4. The third-order valence-electron chi connectivity index (χ3n) is 4.29. The molecule has 0 unspecified atom stereocenters. The third kappa shape index (κ3) is 6.26. The molecule has 0 atom stereocenters. The Morgan fingerprint density at radius 2 is 1.84 bits per heavy atom. The van der Waals surface area contributed by atoms with Crippen LogP contribution in [0.2, 0.25) is 0 Å². The Bertz CT molecular complexity index is 1060. The highest BCUT2D eigenvalue weighted by molar-refractivity contribution is 7.99. The minimum Gasteiger partial charge on any atom is -0.345 e. The van der Waals surface area contributed by atoms with Gasteiger partial charge in [-0.1, -0.05) is 35.5 Å². The molecule has 1 heterocycles. The molecule has 2 aromatic carbocycles. The molecule has 7 nitrogen and oxygen atoms in total. The van der Waals surface area contributed by atoms with Crippen molar-refractivity contribution in [1.82, 2.24) is 20.1 Å². The summed E-state index contributed by atoms with van der Waals surface area (Å²) in [6.07, 6.45) is 1.69. The van der Waals surface area contributed by atoms with Crippen LogP contribution in [0.25, 0.3) is 0 Å². The van der Waals surface area contributed by atoms with Crippen LogP contribution in [0.4, 0.5) is 10.1 Å². The molecule has 0 aliphatic heterocycles. The molecule has 0 bridgehead atoms. The van der Waals surface area contributed by atoms with E-state index < -0.39 is 5.82 Å². The predicted molar refractivity (Wildman–Crippen MR) is 118 cm³/mol. The molecule has 2 amide bonds. The minimum absolute atomic E-state index is 0.132. The number of nitrogens with one attached hydrogen (secondary N) is 2. The van der Waals surface area contributed by atoms with Crippen LogP contribution in [0.3, 0.4) is 0 Å². The molecule has 0 spiro atoms. The largest absolute Gasteiger partial charge is 0.345 e. The van der Waals surface area contributed by atoms with Crippen LogP contribution in [0, 0.1) is 12.7 Å². The maximum atomic E-state index is 13.0. The monoisotopic (exact) mass is 439 g/mol. The Hall–Kier alpha value is -3.46. The zero-order valence-corrected chi connectivity index (χ0v) is 17.8. The molecule has 3 rings (SSSR count). The molecule has 160 valence electrons. The van der Waals surface area contributed by atoms with Gasteiger partial charge in [-0.25, -0.2) is 4.39 Å². The van der Waals surface area contributed by atoms with Crippen LogP contribution in [-0.4, -0.2) is 32.3 Å². The summed E-state index contributed by atoms with van der Waals surface area (Å²) in [7, 11) is 0. The van der Waals surface area contributed by atoms with E-state index in [9.17, 15) is 14.0 Å². The Kier molecular flexibility index (Phi) is 7.55. The number of aromatic nitrogens is 3. The fourth-order valence-corrected chi connectivity index (χ4v) is 3.46. The molecule has 1 aromatic heterocycles. The maximum Gasteiger partial charge on any atom is 0.251 e. The van der Waals surface area contributed by atoms with Gasteiger partial charge in [0.2, 0.25) is 5.91 Å². The summed E-state index contributed by atoms with van der Waals surface area (Å²) in [6.45, 7) is 6.28. The molecule has 0 aliphatic carbocycles. The number of nitrogens with zero attached hydrogens (tertiary/aromatic N) is 3. The van der Waals surface area contributed by atoms with Crippen molar-refractivity contribution in [1.29, 1.82) is 0 Å². The summed E-state index contributed by atoms with van der Waals surface area (Å²) < 4.78 is 14.8. The Morgan fingerprint density at radius 3 is 2.52 bits per heavy atom. The van der Waals surface area contributed by atoms with Gasteiger partial charge in [-0.3, -0.25) is 9.59 Å². The lowest BCUT2D eigenvalue weighted by atomic mass is 10.2. The Balaban J connectivity index is 1.59. The van der Waals surface area contributed by atoms with Gasteiger partial charge in [-0.2, -0.15) is 0 Å². The number of thioether (sulfide) groups is 1. The first-order valence-corrected chi connectivity index (χ1v) is 10.5. The second kappa shape index (κ2) is 10.5. The maximum absolute atomic E-state index is 13.0. The molecule has 0 aliphatic rings. The van der Waals surface area contributed by atoms with Gasteiger partial charge in [0, 0.05) is 17.8 Å². The topological polar surface area (TPSA) is 88.9 Å². The van der Waals surface area contributed by atoms with E-state index in [4.69, 9.17) is 0 Å². The van der Waals surface area contributed by atoms with Gasteiger partial charge >= 0.3 is 0 Å². The lowest BCUT2D eigenvalue weighted by Gasteiger charge is -2.09. The van der Waals surface area contributed by atoms with Crippen LogP contribution in [0.1, 0.15) is 21.7 Å². The average molecular weight is 440 g/mol. The molecule has 31 heavy (non-hydrogen) atoms. The van der Waals surface area contributed by atoms with Crippen molar-refractivity contribution in [2.75, 3.05) is 11.1 Å². The first-order valence-electron chi connectivity index (χ1n) is 9.52. The lowest BCUT2D eigenvalue weighted by molar-refractivity contribution is -0.113. The minimum atomic E-state index is -0.407. The summed E-state index contributed by atoms with van der Waals surface area (Å²) in [5.74, 6) is -0.231. The molecule has 3 aromatic rings. The fraction of sp³-hybridized carbons (Fsp3) is 0.182. The highest BCUT2D eigenvalue weighted by Gasteiger charge is 2.15. The van der Waals surface area contributed by atoms with Crippen molar-refractivity contribution in [2.24, 2.45) is 0 Å². The number of benzene rings is 2. The van der Waals surface area contributed by atoms with E-state index in [1.165, 1.54) is 36.0 Å². The van der Waals surface area contributed by atoms with Gasteiger partial charge in [0.1, 0.15) is 5.82 Å². The summed E-state index contributed by atoms with van der Waals surface area (Å²) in [6, 6.07) is 12.8. The third-order valence-corrected chi connectivity index (χ3v) is 5.25. The second-order valence-electron chi connectivity index (χ2n) is 6.69. The van der Waals surface area contributed by atoms with Gasteiger partial charge in [0.25, 0.3) is 5.91 Å². The van der Waals surface area contributed by atoms with Gasteiger partial charge in [0.15, 0.2) is 11.0 Å². The average Bonchev–Trinajstić information content (AvgIpc) is 3.14. The van der Waals surface area contributed by atoms with Gasteiger partial charge in [0.05, 0.1) is 12.3 Å². The number of anilines is 1. The molecular formula is C22H22FN5O2S. The van der Waals surface area contributed by atoms with E-state index in [0.29, 0.717) is 23.1 Å². The van der Waals surface area contributed by atoms with Gasteiger partial charge < -0.3 is 15.2 Å². The number of halogens is 1. The number of hydrogen-bond donors (Lipinski definition) is 2. The second-order valence-corrected chi connectivity index (χ2v) is 7.63. The predicted octanol–water partition coefficient (Wildman–Crippen LogP) is 3.57. The van der Waals surface area contributed by atoms with Crippen molar-refractivity contribution in [2.45, 2.75) is 25.2 Å². The van der Waals surface area contributed by atoms with Gasteiger partial charge in [-0.15, -0.1) is 16.8 Å². The molecule has 2 N–H and O–H groups in total. The molecule has 0 radical (unpaired) electrons. The zero-order valence-electron chi connectivity index (χ0n) is 17.0. The fourth-order valence-electron chi connectivity index (χ4n) is 2.70. The van der Waals surface area contributed by atoms with Crippen molar-refractivity contribution < 1.29 is 14.0 Å².